The van der Waals surface area contributed by atoms with Crippen molar-refractivity contribution >= 4 is 12.3 Å². The highest BCUT2D eigenvalue weighted by molar-refractivity contribution is 5.86. The molecular weight excluding hydrogens is 244 g/mol. The zero-order valence-electron chi connectivity index (χ0n) is 11.5. The molecule has 0 fully saturated rings. The first-order valence-corrected chi connectivity index (χ1v) is 6.58. The summed E-state index contributed by atoms with van der Waals surface area (Å²) in [5, 5.41) is 0. The van der Waals surface area contributed by atoms with Crippen LogP contribution in [0.2, 0.25) is 0 Å². The summed E-state index contributed by atoms with van der Waals surface area (Å²) >= 11 is 0. The van der Waals surface area contributed by atoms with E-state index in [-0.39, 0.29) is 11.6 Å². The van der Waals surface area contributed by atoms with E-state index in [2.05, 4.69) is 21.6 Å². The number of aldehydes is 1. The number of nitrogens with zero attached hydrogens (tertiary/aromatic N) is 2. The Kier molecular flexibility index (Phi) is 6.71. The van der Waals surface area contributed by atoms with Crippen LogP contribution in [0, 0.1) is 0 Å². The van der Waals surface area contributed by atoms with Crippen molar-refractivity contribution in [2.45, 2.75) is 44.9 Å². The van der Waals surface area contributed by atoms with Gasteiger partial charge in [0.05, 0.1) is 31.1 Å². The third-order valence-electron chi connectivity index (χ3n) is 2.98. The normalized spacial score (nSPS) is 11.9. The Morgan fingerprint density at radius 2 is 2.11 bits per heavy atom. The molecule has 0 radical (unpaired) electrons. The smallest absolute Gasteiger partial charge is 0.358 e. The third kappa shape index (κ3) is 4.77. The first-order valence-electron chi connectivity index (χ1n) is 6.58. The van der Waals surface area contributed by atoms with Crippen molar-refractivity contribution in [3.63, 3.8) is 0 Å². The largest absolute Gasteiger partial charge is 0.464 e. The molecule has 1 heterocycles. The summed E-state index contributed by atoms with van der Waals surface area (Å²) in [6.45, 7) is 2.15. The summed E-state index contributed by atoms with van der Waals surface area (Å²) in [5.74, 6) is -0.763. The number of carbonyl (C=O) groups excluding carboxylic acids is 2. The predicted octanol–water partition coefficient (Wildman–Crippen LogP) is 2.52. The summed E-state index contributed by atoms with van der Waals surface area (Å²) in [5.41, 5.74) is 0.765. The van der Waals surface area contributed by atoms with Crippen LogP contribution in [0.1, 0.15) is 61.1 Å². The van der Waals surface area contributed by atoms with E-state index >= 15 is 0 Å². The molecule has 1 aromatic rings. The first-order chi connectivity index (χ1) is 9.22. The highest BCUT2D eigenvalue weighted by Crippen LogP contribution is 2.18. The predicted molar refractivity (Wildman–Crippen MR) is 70.9 cm³/mol. The molecule has 0 unspecified atom stereocenters. The molecule has 1 rings (SSSR count). The number of unbranched alkanes of at least 4 members (excludes halogenated alkanes) is 3. The first kappa shape index (κ1) is 15.3. The molecule has 1 aromatic heterocycles. The van der Waals surface area contributed by atoms with Crippen LogP contribution >= 0.6 is 0 Å². The second kappa shape index (κ2) is 8.34. The van der Waals surface area contributed by atoms with Crippen molar-refractivity contribution in [2.75, 3.05) is 7.11 Å². The van der Waals surface area contributed by atoms with E-state index in [4.69, 9.17) is 0 Å². The van der Waals surface area contributed by atoms with E-state index in [9.17, 15) is 9.59 Å². The van der Waals surface area contributed by atoms with Crippen molar-refractivity contribution < 1.29 is 14.3 Å². The zero-order chi connectivity index (χ0) is 14.1. The minimum absolute atomic E-state index is 0.155. The van der Waals surface area contributed by atoms with Gasteiger partial charge in [-0.25, -0.2) is 9.78 Å². The zero-order valence-corrected chi connectivity index (χ0v) is 11.5. The number of rotatable bonds is 8. The number of hydrogen-bond acceptors (Lipinski definition) is 5. The molecule has 0 aliphatic carbocycles. The minimum atomic E-state index is -0.523. The average Bonchev–Trinajstić information content (AvgIpc) is 2.47. The van der Waals surface area contributed by atoms with Gasteiger partial charge < -0.3 is 9.53 Å². The van der Waals surface area contributed by atoms with Crippen LogP contribution in [-0.2, 0) is 9.53 Å². The monoisotopic (exact) mass is 264 g/mol. The maximum atomic E-state index is 11.2. The molecule has 0 aliphatic rings. The van der Waals surface area contributed by atoms with Crippen LogP contribution in [0.3, 0.4) is 0 Å². The number of carbonyl (C=O) groups is 2. The molecular formula is C14H20N2O3. The van der Waals surface area contributed by atoms with Crippen molar-refractivity contribution in [3.8, 4) is 0 Å². The highest BCUT2D eigenvalue weighted by Gasteiger charge is 2.14. The van der Waals surface area contributed by atoms with E-state index in [0.717, 1.165) is 25.5 Å². The Labute approximate surface area is 113 Å². The highest BCUT2D eigenvalue weighted by atomic mass is 16.5. The van der Waals surface area contributed by atoms with Gasteiger partial charge in [-0.2, -0.15) is 0 Å². The van der Waals surface area contributed by atoms with Crippen molar-refractivity contribution in [3.05, 3.63) is 23.8 Å². The van der Waals surface area contributed by atoms with E-state index in [1.807, 2.05) is 0 Å². The molecule has 0 amide bonds. The Morgan fingerprint density at radius 1 is 1.32 bits per heavy atom. The van der Waals surface area contributed by atoms with Gasteiger partial charge in [0, 0.05) is 0 Å². The van der Waals surface area contributed by atoms with Crippen LogP contribution in [0.15, 0.2) is 12.4 Å². The maximum Gasteiger partial charge on any atom is 0.358 e. The molecule has 0 N–H and O–H groups in total. The van der Waals surface area contributed by atoms with Gasteiger partial charge in [0.25, 0.3) is 0 Å². The second-order valence-corrected chi connectivity index (χ2v) is 4.41. The van der Waals surface area contributed by atoms with Gasteiger partial charge in [-0.05, 0) is 6.42 Å². The number of esters is 1. The molecule has 0 saturated carbocycles. The Balaban J connectivity index is 2.61. The van der Waals surface area contributed by atoms with Crippen molar-refractivity contribution in [1.29, 1.82) is 0 Å². The average molecular weight is 264 g/mol. The lowest BCUT2D eigenvalue weighted by Crippen LogP contribution is -2.09. The van der Waals surface area contributed by atoms with E-state index in [1.165, 1.54) is 32.3 Å². The van der Waals surface area contributed by atoms with Crippen LogP contribution in [-0.4, -0.2) is 29.3 Å². The molecule has 19 heavy (non-hydrogen) atoms. The van der Waals surface area contributed by atoms with Gasteiger partial charge in [0.2, 0.25) is 0 Å². The van der Waals surface area contributed by atoms with Crippen LogP contribution in [0.25, 0.3) is 0 Å². The van der Waals surface area contributed by atoms with Crippen LogP contribution in [0.4, 0.5) is 0 Å². The summed E-state index contributed by atoms with van der Waals surface area (Å²) in [6.07, 6.45) is 8.96. The molecule has 0 spiro atoms. The fourth-order valence-electron chi connectivity index (χ4n) is 1.82. The molecule has 0 saturated heterocycles. The Hall–Kier alpha value is -1.78. The number of ether oxygens (including phenoxy) is 1. The number of aromatic nitrogens is 2. The number of hydrogen-bond donors (Lipinski definition) is 0. The molecule has 5 heteroatoms. The lowest BCUT2D eigenvalue weighted by atomic mass is 9.99. The summed E-state index contributed by atoms with van der Waals surface area (Å²) in [6, 6.07) is 0. The quantitative estimate of drug-likeness (QED) is 0.410. The summed E-state index contributed by atoms with van der Waals surface area (Å²) < 4.78 is 4.54. The fourth-order valence-corrected chi connectivity index (χ4v) is 1.82. The van der Waals surface area contributed by atoms with Gasteiger partial charge in [-0.15, -0.1) is 0 Å². The van der Waals surface area contributed by atoms with Gasteiger partial charge >= 0.3 is 5.97 Å². The molecule has 104 valence electrons. The van der Waals surface area contributed by atoms with E-state index < -0.39 is 5.97 Å². The number of methoxy groups -OCH3 is 1. The Bertz CT molecular complexity index is 404. The standard InChI is InChI=1S/C14H20N2O3/c1-3-4-5-6-7-11(10-17)12-8-16-13(9-15-12)14(18)19-2/h8-11H,3-7H2,1-2H3/t11-/m0/s1. The molecule has 5 nitrogen and oxygen atoms in total. The lowest BCUT2D eigenvalue weighted by Gasteiger charge is -2.09. The van der Waals surface area contributed by atoms with Crippen molar-refractivity contribution in [2.24, 2.45) is 0 Å². The van der Waals surface area contributed by atoms with E-state index in [0.29, 0.717) is 5.69 Å². The van der Waals surface area contributed by atoms with Gasteiger partial charge in [0.15, 0.2) is 5.69 Å². The molecule has 1 atom stereocenters. The molecule has 0 bridgehead atoms. The summed E-state index contributed by atoms with van der Waals surface area (Å²) in [7, 11) is 1.29. The third-order valence-corrected chi connectivity index (χ3v) is 2.98. The molecule has 0 aliphatic heterocycles. The minimum Gasteiger partial charge on any atom is -0.464 e. The van der Waals surface area contributed by atoms with Crippen molar-refractivity contribution in [1.82, 2.24) is 9.97 Å². The van der Waals surface area contributed by atoms with Crippen LogP contribution < -0.4 is 0 Å². The SMILES string of the molecule is CCCCCC[C@@H](C=O)c1cnc(C(=O)OC)cn1. The topological polar surface area (TPSA) is 69.2 Å². The maximum absolute atomic E-state index is 11.2. The van der Waals surface area contributed by atoms with Gasteiger partial charge in [-0.3, -0.25) is 4.98 Å². The lowest BCUT2D eigenvalue weighted by molar-refractivity contribution is -0.109. The summed E-state index contributed by atoms with van der Waals surface area (Å²) in [4.78, 5) is 30.4. The van der Waals surface area contributed by atoms with Crippen LogP contribution in [0.5, 0.6) is 0 Å². The fraction of sp³-hybridized carbons (Fsp3) is 0.571. The van der Waals surface area contributed by atoms with Gasteiger partial charge in [-0.1, -0.05) is 32.6 Å². The van der Waals surface area contributed by atoms with Gasteiger partial charge in [0.1, 0.15) is 6.29 Å². The second-order valence-electron chi connectivity index (χ2n) is 4.41. The Morgan fingerprint density at radius 3 is 2.63 bits per heavy atom. The molecule has 0 aromatic carbocycles. The van der Waals surface area contributed by atoms with E-state index in [1.54, 1.807) is 0 Å².